The van der Waals surface area contributed by atoms with Crippen molar-refractivity contribution in [1.29, 1.82) is 5.26 Å². The van der Waals surface area contributed by atoms with E-state index >= 15 is 0 Å². The van der Waals surface area contributed by atoms with Crippen molar-refractivity contribution in [3.63, 3.8) is 0 Å². The fourth-order valence-electron chi connectivity index (χ4n) is 2.72. The number of hydrogen-bond donors (Lipinski definition) is 2. The molecule has 0 radical (unpaired) electrons. The molecule has 1 aliphatic heterocycles. The summed E-state index contributed by atoms with van der Waals surface area (Å²) in [7, 11) is 0. The minimum atomic E-state index is -0.849. The highest BCUT2D eigenvalue weighted by molar-refractivity contribution is 5.97. The number of likely N-dealkylation sites (tertiary alicyclic amines) is 1. The van der Waals surface area contributed by atoms with Crippen LogP contribution >= 0.6 is 0 Å². The van der Waals surface area contributed by atoms with E-state index in [1.54, 1.807) is 18.2 Å². The summed E-state index contributed by atoms with van der Waals surface area (Å²) >= 11 is 0. The standard InChI is InChI=1S/C18H20FN3O3/c19-16-4-2-1-3-13(16)5-8-21-12-15(11-20)17(23)22-9-6-14(7-10-22)18(24)25/h1-4,12,14,21H,5-10H2,(H,24,25)/b15-12-. The van der Waals surface area contributed by atoms with Gasteiger partial charge in [0.15, 0.2) is 0 Å². The van der Waals surface area contributed by atoms with E-state index in [0.29, 0.717) is 44.5 Å². The molecule has 1 aliphatic rings. The third kappa shape index (κ3) is 5.05. The van der Waals surface area contributed by atoms with Crippen LogP contribution in [0.1, 0.15) is 18.4 Å². The van der Waals surface area contributed by atoms with Crippen LogP contribution in [0.4, 0.5) is 4.39 Å². The number of benzene rings is 1. The van der Waals surface area contributed by atoms with Crippen molar-refractivity contribution in [3.8, 4) is 6.07 Å². The molecule has 2 N–H and O–H groups in total. The molecule has 1 heterocycles. The summed E-state index contributed by atoms with van der Waals surface area (Å²) in [6, 6.07) is 8.30. The van der Waals surface area contributed by atoms with Crippen LogP contribution in [-0.2, 0) is 16.0 Å². The van der Waals surface area contributed by atoms with Gasteiger partial charge in [-0.15, -0.1) is 0 Å². The van der Waals surface area contributed by atoms with Crippen LogP contribution in [-0.4, -0.2) is 41.5 Å². The van der Waals surface area contributed by atoms with Crippen LogP contribution in [0.2, 0.25) is 0 Å². The van der Waals surface area contributed by atoms with E-state index in [0.717, 1.165) is 0 Å². The molecule has 25 heavy (non-hydrogen) atoms. The summed E-state index contributed by atoms with van der Waals surface area (Å²) in [5.41, 5.74) is 0.520. The zero-order chi connectivity index (χ0) is 18.2. The van der Waals surface area contributed by atoms with Gasteiger partial charge in [0.2, 0.25) is 0 Å². The number of piperidine rings is 1. The number of amides is 1. The molecule has 132 valence electrons. The van der Waals surface area contributed by atoms with Gasteiger partial charge >= 0.3 is 5.97 Å². The summed E-state index contributed by atoms with van der Waals surface area (Å²) in [6.45, 7) is 1.04. The number of carboxylic acid groups (broad SMARTS) is 1. The number of nitriles is 1. The Morgan fingerprint density at radius 1 is 1.36 bits per heavy atom. The quantitative estimate of drug-likeness (QED) is 0.465. The summed E-state index contributed by atoms with van der Waals surface area (Å²) < 4.78 is 13.5. The third-order valence-electron chi connectivity index (χ3n) is 4.23. The number of carbonyl (C=O) groups excluding carboxylic acids is 1. The van der Waals surface area contributed by atoms with Gasteiger partial charge in [0.25, 0.3) is 5.91 Å². The minimum absolute atomic E-state index is 0.0395. The number of rotatable bonds is 6. The van der Waals surface area contributed by atoms with E-state index in [4.69, 9.17) is 10.4 Å². The first-order valence-electron chi connectivity index (χ1n) is 8.12. The van der Waals surface area contributed by atoms with Gasteiger partial charge in [-0.25, -0.2) is 4.39 Å². The molecule has 2 rings (SSSR count). The SMILES string of the molecule is N#C/C(=C/NCCc1ccccc1F)C(=O)N1CCC(C(=O)O)CC1. The second kappa shape index (κ2) is 8.83. The fourth-order valence-corrected chi connectivity index (χ4v) is 2.72. The maximum absolute atomic E-state index is 13.5. The van der Waals surface area contributed by atoms with Crippen LogP contribution in [0.25, 0.3) is 0 Å². The van der Waals surface area contributed by atoms with Gasteiger partial charge in [-0.2, -0.15) is 5.26 Å². The highest BCUT2D eigenvalue weighted by Crippen LogP contribution is 2.18. The van der Waals surface area contributed by atoms with Crippen molar-refractivity contribution in [1.82, 2.24) is 10.2 Å². The lowest BCUT2D eigenvalue weighted by molar-refractivity contribution is -0.145. The Morgan fingerprint density at radius 2 is 2.04 bits per heavy atom. The highest BCUT2D eigenvalue weighted by Gasteiger charge is 2.28. The van der Waals surface area contributed by atoms with Crippen LogP contribution in [0.3, 0.4) is 0 Å². The highest BCUT2D eigenvalue weighted by atomic mass is 19.1. The molecule has 1 fully saturated rings. The molecule has 0 saturated carbocycles. The van der Waals surface area contributed by atoms with E-state index < -0.39 is 17.8 Å². The van der Waals surface area contributed by atoms with Gasteiger partial charge in [-0.05, 0) is 30.9 Å². The van der Waals surface area contributed by atoms with Crippen molar-refractivity contribution >= 4 is 11.9 Å². The van der Waals surface area contributed by atoms with Gasteiger partial charge < -0.3 is 15.3 Å². The molecule has 1 amide bonds. The molecule has 0 aliphatic carbocycles. The molecule has 1 aromatic carbocycles. The number of halogens is 1. The number of nitrogens with one attached hydrogen (secondary N) is 1. The summed E-state index contributed by atoms with van der Waals surface area (Å²) in [5.74, 6) is -1.98. The van der Waals surface area contributed by atoms with E-state index in [9.17, 15) is 14.0 Å². The van der Waals surface area contributed by atoms with Gasteiger partial charge in [-0.3, -0.25) is 9.59 Å². The average Bonchev–Trinajstić information content (AvgIpc) is 2.63. The fraction of sp³-hybridized carbons (Fsp3) is 0.389. The Morgan fingerprint density at radius 3 is 2.64 bits per heavy atom. The summed E-state index contributed by atoms with van der Waals surface area (Å²) in [4.78, 5) is 24.7. The average molecular weight is 345 g/mol. The lowest BCUT2D eigenvalue weighted by atomic mass is 9.97. The van der Waals surface area contributed by atoms with Crippen molar-refractivity contribution in [2.75, 3.05) is 19.6 Å². The molecule has 0 aromatic heterocycles. The second-order valence-electron chi connectivity index (χ2n) is 5.87. The molecule has 7 heteroatoms. The molecular weight excluding hydrogens is 325 g/mol. The number of nitrogens with zero attached hydrogens (tertiary/aromatic N) is 2. The van der Waals surface area contributed by atoms with Crippen LogP contribution < -0.4 is 5.32 Å². The van der Waals surface area contributed by atoms with Gasteiger partial charge in [0.1, 0.15) is 17.5 Å². The molecule has 1 aromatic rings. The van der Waals surface area contributed by atoms with Crippen molar-refractivity contribution < 1.29 is 19.1 Å². The summed E-state index contributed by atoms with van der Waals surface area (Å²) in [5, 5.41) is 21.0. The lowest BCUT2D eigenvalue weighted by Gasteiger charge is -2.29. The Kier molecular flexibility index (Phi) is 6.52. The monoisotopic (exact) mass is 345 g/mol. The Bertz CT molecular complexity index is 704. The molecule has 0 unspecified atom stereocenters. The number of carbonyl (C=O) groups is 2. The Balaban J connectivity index is 1.85. The van der Waals surface area contributed by atoms with Gasteiger partial charge in [-0.1, -0.05) is 18.2 Å². The first-order chi connectivity index (χ1) is 12.0. The largest absolute Gasteiger partial charge is 0.481 e. The first-order valence-corrected chi connectivity index (χ1v) is 8.12. The third-order valence-corrected chi connectivity index (χ3v) is 4.23. The number of aliphatic carboxylic acids is 1. The minimum Gasteiger partial charge on any atom is -0.481 e. The molecule has 0 bridgehead atoms. The van der Waals surface area contributed by atoms with Crippen molar-refractivity contribution in [2.45, 2.75) is 19.3 Å². The molecule has 0 atom stereocenters. The van der Waals surface area contributed by atoms with Crippen molar-refractivity contribution in [3.05, 3.63) is 47.4 Å². The number of hydrogen-bond acceptors (Lipinski definition) is 4. The van der Waals surface area contributed by atoms with Crippen molar-refractivity contribution in [2.24, 2.45) is 5.92 Å². The maximum atomic E-state index is 13.5. The first kappa shape index (κ1) is 18.5. The lowest BCUT2D eigenvalue weighted by Crippen LogP contribution is -2.41. The predicted molar refractivity (Wildman–Crippen MR) is 88.7 cm³/mol. The van der Waals surface area contributed by atoms with E-state index in [-0.39, 0.29) is 11.4 Å². The predicted octanol–water partition coefficient (Wildman–Crippen LogP) is 1.69. The molecule has 1 saturated heterocycles. The van der Waals surface area contributed by atoms with E-state index in [1.807, 2.05) is 6.07 Å². The second-order valence-corrected chi connectivity index (χ2v) is 5.87. The maximum Gasteiger partial charge on any atom is 0.306 e. The smallest absolute Gasteiger partial charge is 0.306 e. The topological polar surface area (TPSA) is 93.4 Å². The zero-order valence-electron chi connectivity index (χ0n) is 13.7. The van der Waals surface area contributed by atoms with Gasteiger partial charge in [0.05, 0.1) is 5.92 Å². The molecular formula is C18H20FN3O3. The molecule has 6 nitrogen and oxygen atoms in total. The van der Waals surface area contributed by atoms with Gasteiger partial charge in [0, 0.05) is 25.8 Å². The Labute approximate surface area is 145 Å². The normalized spacial score (nSPS) is 15.5. The summed E-state index contributed by atoms with van der Waals surface area (Å²) in [6.07, 6.45) is 2.55. The van der Waals surface area contributed by atoms with E-state index in [1.165, 1.54) is 17.2 Å². The Hall–Kier alpha value is -2.88. The number of carboxylic acids is 1. The molecule has 0 spiro atoms. The van der Waals surface area contributed by atoms with Crippen LogP contribution in [0.5, 0.6) is 0 Å². The van der Waals surface area contributed by atoms with Crippen LogP contribution in [0.15, 0.2) is 36.0 Å². The van der Waals surface area contributed by atoms with E-state index in [2.05, 4.69) is 5.32 Å². The zero-order valence-corrected chi connectivity index (χ0v) is 13.7. The van der Waals surface area contributed by atoms with Crippen LogP contribution in [0, 0.1) is 23.1 Å².